The lowest BCUT2D eigenvalue weighted by molar-refractivity contribution is -0.556. The summed E-state index contributed by atoms with van der Waals surface area (Å²) in [6, 6.07) is 0. The van der Waals surface area contributed by atoms with Crippen LogP contribution in [0.3, 0.4) is 0 Å². The van der Waals surface area contributed by atoms with Crippen molar-refractivity contribution in [2.24, 2.45) is 5.41 Å². The zero-order valence-electron chi connectivity index (χ0n) is 17.0. The summed E-state index contributed by atoms with van der Waals surface area (Å²) < 4.78 is 187. The highest BCUT2D eigenvalue weighted by molar-refractivity contribution is 5.78. The molecule has 33 heavy (non-hydrogen) atoms. The van der Waals surface area contributed by atoms with Gasteiger partial charge in [0.15, 0.2) is 5.41 Å². The van der Waals surface area contributed by atoms with Crippen LogP contribution < -0.4 is 0 Å². The lowest BCUT2D eigenvalue weighted by Crippen LogP contribution is -2.87. The second-order valence-electron chi connectivity index (χ2n) is 7.68. The van der Waals surface area contributed by atoms with Crippen molar-refractivity contribution in [1.29, 1.82) is 0 Å². The highest BCUT2D eigenvalue weighted by Crippen LogP contribution is 2.67. The second-order valence-corrected chi connectivity index (χ2v) is 7.68. The van der Waals surface area contributed by atoms with Gasteiger partial charge in [-0.25, -0.2) is 0 Å². The average Bonchev–Trinajstić information content (AvgIpc) is 2.60. The van der Waals surface area contributed by atoms with Gasteiger partial charge in [0.1, 0.15) is 0 Å². The third kappa shape index (κ3) is 3.46. The molecule has 0 spiro atoms. The number of halogens is 13. The maximum absolute atomic E-state index is 15.1. The predicted octanol–water partition coefficient (Wildman–Crippen LogP) is 5.53. The van der Waals surface area contributed by atoms with Crippen LogP contribution in [0.4, 0.5) is 57.1 Å². The van der Waals surface area contributed by atoms with Crippen molar-refractivity contribution >= 4 is 5.97 Å². The number of aliphatic hydroxyl groups is 1. The molecule has 1 N–H and O–H groups in total. The van der Waals surface area contributed by atoms with E-state index < -0.39 is 78.5 Å². The van der Waals surface area contributed by atoms with E-state index in [1.165, 1.54) is 0 Å². The monoisotopic (exact) mass is 520 g/mol. The quantitative estimate of drug-likeness (QED) is 0.392. The van der Waals surface area contributed by atoms with Crippen LogP contribution in [-0.2, 0) is 14.3 Å². The van der Waals surface area contributed by atoms with Crippen LogP contribution in [0.2, 0.25) is 0 Å². The van der Waals surface area contributed by atoms with Crippen LogP contribution in [0, 0.1) is 5.41 Å². The molecule has 1 fully saturated rings. The van der Waals surface area contributed by atoms with Crippen LogP contribution in [-0.4, -0.2) is 58.4 Å². The van der Waals surface area contributed by atoms with E-state index in [-0.39, 0.29) is 13.8 Å². The van der Waals surface area contributed by atoms with E-state index in [0.717, 1.165) is 0 Å². The molecule has 4 nitrogen and oxygen atoms in total. The van der Waals surface area contributed by atoms with Crippen molar-refractivity contribution in [3.63, 3.8) is 0 Å². The number of rotatable bonds is 4. The van der Waals surface area contributed by atoms with Crippen molar-refractivity contribution in [1.82, 2.24) is 0 Å². The summed E-state index contributed by atoms with van der Waals surface area (Å²) in [6.45, 7) is -0.181. The minimum Gasteiger partial charge on any atom is -0.445 e. The fourth-order valence-electron chi connectivity index (χ4n) is 3.14. The minimum absolute atomic E-state index is 0.0545. The minimum atomic E-state index is -6.93. The van der Waals surface area contributed by atoms with E-state index in [2.05, 4.69) is 9.47 Å². The molecule has 0 saturated carbocycles. The van der Waals surface area contributed by atoms with Crippen LogP contribution in [0.1, 0.15) is 40.5 Å². The third-order valence-electron chi connectivity index (χ3n) is 5.87. The van der Waals surface area contributed by atoms with Crippen molar-refractivity contribution in [2.75, 3.05) is 0 Å². The molecule has 0 amide bonds. The van der Waals surface area contributed by atoms with Gasteiger partial charge >= 0.3 is 42.1 Å². The largest absolute Gasteiger partial charge is 0.449 e. The van der Waals surface area contributed by atoms with E-state index in [9.17, 15) is 58.2 Å². The molecule has 1 aliphatic heterocycles. The Balaban J connectivity index is 4.05. The van der Waals surface area contributed by atoms with E-state index in [1.807, 2.05) is 0 Å². The standard InChI is InChI=1S/C16H17F13O4/c1-5-8(3,14(21,22)23)7(30)32-9(4)11(17,18)10(6-2,15(24,25)26)33-13(31,12(9,19)20)16(27,28)29/h31H,5-6H2,1-4H3. The SMILES string of the molecule is CCC(C)(C(=O)OC1(C)C(F)(F)C(O)(C(F)(F)F)OC(CC)(C(F)(F)F)C1(F)F)C(F)(F)F. The lowest BCUT2D eigenvalue weighted by Gasteiger charge is -2.59. The van der Waals surface area contributed by atoms with Crippen molar-refractivity contribution in [3.05, 3.63) is 0 Å². The molecule has 0 aromatic heterocycles. The average molecular weight is 520 g/mol. The fourth-order valence-corrected chi connectivity index (χ4v) is 3.14. The molecule has 0 aromatic rings. The Labute approximate surface area is 177 Å². The third-order valence-corrected chi connectivity index (χ3v) is 5.87. The first kappa shape index (κ1) is 29.5. The van der Waals surface area contributed by atoms with Gasteiger partial charge in [-0.05, 0) is 26.7 Å². The molecule has 0 bridgehead atoms. The number of ether oxygens (including phenoxy) is 2. The van der Waals surface area contributed by atoms with Crippen LogP contribution in [0.15, 0.2) is 0 Å². The molecule has 1 heterocycles. The van der Waals surface area contributed by atoms with Crippen LogP contribution in [0.25, 0.3) is 0 Å². The number of esters is 1. The lowest BCUT2D eigenvalue weighted by atomic mass is 9.71. The number of carbonyl (C=O) groups excluding carboxylic acids is 1. The summed E-state index contributed by atoms with van der Waals surface area (Å²) in [5.74, 6) is -22.4. The summed E-state index contributed by atoms with van der Waals surface area (Å²) in [7, 11) is 0. The van der Waals surface area contributed by atoms with Crippen molar-refractivity contribution in [3.8, 4) is 0 Å². The van der Waals surface area contributed by atoms with E-state index in [1.54, 1.807) is 0 Å². The van der Waals surface area contributed by atoms with Crippen molar-refractivity contribution in [2.45, 2.75) is 87.9 Å². The van der Waals surface area contributed by atoms with E-state index in [4.69, 9.17) is 0 Å². The molecule has 0 radical (unpaired) electrons. The maximum Gasteiger partial charge on any atom is 0.449 e. The number of alkyl halides is 13. The van der Waals surface area contributed by atoms with Gasteiger partial charge in [-0.3, -0.25) is 4.79 Å². The van der Waals surface area contributed by atoms with Gasteiger partial charge in [0.05, 0.1) is 0 Å². The Hall–Kier alpha value is -1.52. The Kier molecular flexibility index (Phi) is 6.70. The van der Waals surface area contributed by atoms with Gasteiger partial charge in [0.25, 0.3) is 0 Å². The molecule has 0 aromatic carbocycles. The molecular formula is C16H17F13O4. The van der Waals surface area contributed by atoms with E-state index >= 15 is 8.78 Å². The van der Waals surface area contributed by atoms with Gasteiger partial charge < -0.3 is 14.6 Å². The van der Waals surface area contributed by atoms with Gasteiger partial charge in [0, 0.05) is 0 Å². The summed E-state index contributed by atoms with van der Waals surface area (Å²) >= 11 is 0. The van der Waals surface area contributed by atoms with Gasteiger partial charge in [0.2, 0.25) is 11.2 Å². The summed E-state index contributed by atoms with van der Waals surface area (Å²) in [5, 5.41) is 9.52. The Morgan fingerprint density at radius 2 is 1.30 bits per heavy atom. The summed E-state index contributed by atoms with van der Waals surface area (Å²) in [4.78, 5) is 12.1. The van der Waals surface area contributed by atoms with Crippen LogP contribution in [0.5, 0.6) is 0 Å². The zero-order valence-corrected chi connectivity index (χ0v) is 17.0. The molecule has 17 heteroatoms. The Morgan fingerprint density at radius 3 is 1.58 bits per heavy atom. The molecule has 196 valence electrons. The molecular weight excluding hydrogens is 503 g/mol. The summed E-state index contributed by atoms with van der Waals surface area (Å²) in [6.07, 6.45) is -22.9. The fraction of sp³-hybridized carbons (Fsp3) is 0.938. The first-order valence-electron chi connectivity index (χ1n) is 8.82. The first-order valence-corrected chi connectivity index (χ1v) is 8.82. The number of hydrogen-bond acceptors (Lipinski definition) is 4. The van der Waals surface area contributed by atoms with Gasteiger partial charge in [-0.1, -0.05) is 13.8 Å². The zero-order chi connectivity index (χ0) is 26.9. The Bertz CT molecular complexity index is 774. The predicted molar refractivity (Wildman–Crippen MR) is 80.0 cm³/mol. The van der Waals surface area contributed by atoms with Gasteiger partial charge in [-0.15, -0.1) is 0 Å². The molecule has 4 atom stereocenters. The smallest absolute Gasteiger partial charge is 0.445 e. The molecule has 1 aliphatic rings. The normalized spacial score (nSPS) is 34.5. The molecule has 1 rings (SSSR count). The number of hydrogen-bond donors (Lipinski definition) is 1. The molecule has 1 saturated heterocycles. The molecule has 0 aliphatic carbocycles. The molecule has 4 unspecified atom stereocenters. The topological polar surface area (TPSA) is 55.8 Å². The second kappa shape index (κ2) is 7.49. The summed E-state index contributed by atoms with van der Waals surface area (Å²) in [5.41, 5.74) is -15.1. The van der Waals surface area contributed by atoms with Gasteiger partial charge in [-0.2, -0.15) is 57.1 Å². The van der Waals surface area contributed by atoms with Crippen molar-refractivity contribution < 1.29 is 76.5 Å². The highest BCUT2D eigenvalue weighted by atomic mass is 19.4. The Morgan fingerprint density at radius 1 is 0.879 bits per heavy atom. The van der Waals surface area contributed by atoms with Crippen LogP contribution >= 0.6 is 0 Å². The first-order chi connectivity index (χ1) is 14.2. The highest BCUT2D eigenvalue weighted by Gasteiger charge is 2.95. The van der Waals surface area contributed by atoms with E-state index in [0.29, 0.717) is 6.92 Å². The maximum atomic E-state index is 15.1. The number of carbonyl (C=O) groups is 1.